The van der Waals surface area contributed by atoms with Crippen molar-refractivity contribution in [3.63, 3.8) is 0 Å². The lowest BCUT2D eigenvalue weighted by atomic mass is 10.1. The van der Waals surface area contributed by atoms with Crippen LogP contribution in [-0.2, 0) is 24.3 Å². The fourth-order valence-electron chi connectivity index (χ4n) is 2.13. The van der Waals surface area contributed by atoms with E-state index in [0.717, 1.165) is 37.5 Å². The van der Waals surface area contributed by atoms with Gasteiger partial charge in [-0.05, 0) is 50.6 Å². The number of ether oxygens (including phenoxy) is 1. The SMILES string of the molecule is CNCc1cc(COCCCc2ccncc2)oc1C. The van der Waals surface area contributed by atoms with Gasteiger partial charge in [-0.15, -0.1) is 0 Å². The van der Waals surface area contributed by atoms with Gasteiger partial charge in [0.05, 0.1) is 0 Å². The summed E-state index contributed by atoms with van der Waals surface area (Å²) in [5.74, 6) is 1.87. The Morgan fingerprint density at radius 1 is 1.30 bits per heavy atom. The van der Waals surface area contributed by atoms with Crippen molar-refractivity contribution in [1.29, 1.82) is 0 Å². The first-order chi connectivity index (χ1) is 9.79. The molecule has 20 heavy (non-hydrogen) atoms. The predicted molar refractivity (Wildman–Crippen MR) is 78.4 cm³/mol. The summed E-state index contributed by atoms with van der Waals surface area (Å²) < 4.78 is 11.3. The topological polar surface area (TPSA) is 47.3 Å². The average Bonchev–Trinajstić information content (AvgIpc) is 2.80. The minimum absolute atomic E-state index is 0.543. The molecule has 2 rings (SSSR count). The second-order valence-electron chi connectivity index (χ2n) is 4.84. The van der Waals surface area contributed by atoms with Crippen LogP contribution >= 0.6 is 0 Å². The van der Waals surface area contributed by atoms with Gasteiger partial charge >= 0.3 is 0 Å². The molecule has 2 heterocycles. The van der Waals surface area contributed by atoms with E-state index in [1.807, 2.05) is 38.5 Å². The number of nitrogens with zero attached hydrogens (tertiary/aromatic N) is 1. The molecule has 0 aliphatic carbocycles. The number of aromatic nitrogens is 1. The molecule has 0 aliphatic rings. The van der Waals surface area contributed by atoms with E-state index >= 15 is 0 Å². The Morgan fingerprint density at radius 3 is 2.85 bits per heavy atom. The molecule has 2 aromatic heterocycles. The van der Waals surface area contributed by atoms with Gasteiger partial charge < -0.3 is 14.5 Å². The summed E-state index contributed by atoms with van der Waals surface area (Å²) in [4.78, 5) is 4.01. The van der Waals surface area contributed by atoms with E-state index < -0.39 is 0 Å². The van der Waals surface area contributed by atoms with Crippen molar-refractivity contribution in [3.05, 3.63) is 53.2 Å². The monoisotopic (exact) mass is 274 g/mol. The highest BCUT2D eigenvalue weighted by Crippen LogP contribution is 2.15. The first-order valence-corrected chi connectivity index (χ1v) is 6.99. The zero-order chi connectivity index (χ0) is 14.2. The van der Waals surface area contributed by atoms with Gasteiger partial charge in [0.2, 0.25) is 0 Å². The second kappa shape index (κ2) is 7.82. The van der Waals surface area contributed by atoms with Crippen LogP contribution in [0.3, 0.4) is 0 Å². The van der Waals surface area contributed by atoms with E-state index in [1.165, 1.54) is 11.1 Å². The summed E-state index contributed by atoms with van der Waals surface area (Å²) in [5.41, 5.74) is 2.50. The molecule has 0 bridgehead atoms. The maximum absolute atomic E-state index is 5.66. The Hall–Kier alpha value is -1.65. The highest BCUT2D eigenvalue weighted by Gasteiger charge is 2.06. The number of aryl methyl sites for hydroxylation is 2. The van der Waals surface area contributed by atoms with Crippen molar-refractivity contribution in [2.45, 2.75) is 32.9 Å². The van der Waals surface area contributed by atoms with Crippen LogP contribution in [0.5, 0.6) is 0 Å². The highest BCUT2D eigenvalue weighted by molar-refractivity contribution is 5.20. The molecule has 108 valence electrons. The van der Waals surface area contributed by atoms with E-state index in [1.54, 1.807) is 0 Å². The van der Waals surface area contributed by atoms with Gasteiger partial charge in [0.1, 0.15) is 18.1 Å². The minimum atomic E-state index is 0.543. The summed E-state index contributed by atoms with van der Waals surface area (Å²) in [5, 5.41) is 3.13. The van der Waals surface area contributed by atoms with Crippen molar-refractivity contribution < 1.29 is 9.15 Å². The number of pyridine rings is 1. The Balaban J connectivity index is 1.67. The molecular weight excluding hydrogens is 252 g/mol. The molecular formula is C16H22N2O2. The maximum Gasteiger partial charge on any atom is 0.130 e. The standard InChI is InChI=1S/C16H22N2O2/c1-13-15(11-17-2)10-16(20-13)12-19-9-3-4-14-5-7-18-8-6-14/h5-8,10,17H,3-4,9,11-12H2,1-2H3. The Bertz CT molecular complexity index is 508. The van der Waals surface area contributed by atoms with Crippen LogP contribution in [0.25, 0.3) is 0 Å². The highest BCUT2D eigenvalue weighted by atomic mass is 16.5. The van der Waals surface area contributed by atoms with Gasteiger partial charge in [-0.3, -0.25) is 4.98 Å². The van der Waals surface area contributed by atoms with Gasteiger partial charge in [0.25, 0.3) is 0 Å². The summed E-state index contributed by atoms with van der Waals surface area (Å²) in [7, 11) is 1.93. The van der Waals surface area contributed by atoms with Crippen molar-refractivity contribution in [2.75, 3.05) is 13.7 Å². The van der Waals surface area contributed by atoms with Crippen molar-refractivity contribution >= 4 is 0 Å². The lowest BCUT2D eigenvalue weighted by molar-refractivity contribution is 0.103. The molecule has 0 aromatic carbocycles. The van der Waals surface area contributed by atoms with E-state index in [0.29, 0.717) is 6.61 Å². The third-order valence-electron chi connectivity index (χ3n) is 3.19. The molecule has 0 radical (unpaired) electrons. The molecule has 0 saturated carbocycles. The minimum Gasteiger partial charge on any atom is -0.464 e. The van der Waals surface area contributed by atoms with Gasteiger partial charge in [-0.2, -0.15) is 0 Å². The van der Waals surface area contributed by atoms with Crippen molar-refractivity contribution in [2.24, 2.45) is 0 Å². The Morgan fingerprint density at radius 2 is 2.10 bits per heavy atom. The Kier molecular flexibility index (Phi) is 5.77. The zero-order valence-electron chi connectivity index (χ0n) is 12.2. The largest absolute Gasteiger partial charge is 0.464 e. The van der Waals surface area contributed by atoms with Crippen LogP contribution in [-0.4, -0.2) is 18.6 Å². The van der Waals surface area contributed by atoms with Gasteiger partial charge in [0, 0.05) is 31.1 Å². The normalized spacial score (nSPS) is 10.9. The molecule has 2 aromatic rings. The molecule has 4 nitrogen and oxygen atoms in total. The lowest BCUT2D eigenvalue weighted by Gasteiger charge is -2.02. The van der Waals surface area contributed by atoms with Crippen LogP contribution in [0.4, 0.5) is 0 Å². The van der Waals surface area contributed by atoms with E-state index in [2.05, 4.69) is 16.4 Å². The predicted octanol–water partition coefficient (Wildman–Crippen LogP) is 2.85. The number of furan rings is 1. The van der Waals surface area contributed by atoms with Crippen LogP contribution in [0, 0.1) is 6.92 Å². The van der Waals surface area contributed by atoms with E-state index in [4.69, 9.17) is 9.15 Å². The maximum atomic E-state index is 5.66. The molecule has 0 fully saturated rings. The average molecular weight is 274 g/mol. The smallest absolute Gasteiger partial charge is 0.130 e. The number of hydrogen-bond acceptors (Lipinski definition) is 4. The Labute approximate surface area is 120 Å². The van der Waals surface area contributed by atoms with E-state index in [9.17, 15) is 0 Å². The molecule has 4 heteroatoms. The summed E-state index contributed by atoms with van der Waals surface area (Å²) in [6.07, 6.45) is 5.67. The van der Waals surface area contributed by atoms with Crippen molar-refractivity contribution in [3.8, 4) is 0 Å². The molecule has 0 atom stereocenters. The van der Waals surface area contributed by atoms with Crippen LogP contribution < -0.4 is 5.32 Å². The quantitative estimate of drug-likeness (QED) is 0.752. The van der Waals surface area contributed by atoms with Crippen LogP contribution in [0.15, 0.2) is 35.0 Å². The zero-order valence-corrected chi connectivity index (χ0v) is 12.2. The fourth-order valence-corrected chi connectivity index (χ4v) is 2.13. The molecule has 0 unspecified atom stereocenters. The summed E-state index contributed by atoms with van der Waals surface area (Å²) in [6, 6.07) is 6.15. The van der Waals surface area contributed by atoms with Crippen molar-refractivity contribution in [1.82, 2.24) is 10.3 Å². The first kappa shape index (κ1) is 14.8. The number of nitrogens with one attached hydrogen (secondary N) is 1. The molecule has 0 aliphatic heterocycles. The first-order valence-electron chi connectivity index (χ1n) is 6.99. The molecule has 0 amide bonds. The van der Waals surface area contributed by atoms with Crippen LogP contribution in [0.1, 0.15) is 29.1 Å². The number of hydrogen-bond donors (Lipinski definition) is 1. The van der Waals surface area contributed by atoms with Gasteiger partial charge in [0.15, 0.2) is 0 Å². The molecule has 0 spiro atoms. The second-order valence-corrected chi connectivity index (χ2v) is 4.84. The van der Waals surface area contributed by atoms with Crippen LogP contribution in [0.2, 0.25) is 0 Å². The lowest BCUT2D eigenvalue weighted by Crippen LogP contribution is -2.04. The molecule has 0 saturated heterocycles. The number of rotatable bonds is 8. The fraction of sp³-hybridized carbons (Fsp3) is 0.438. The van der Waals surface area contributed by atoms with E-state index in [-0.39, 0.29) is 0 Å². The third-order valence-corrected chi connectivity index (χ3v) is 3.19. The summed E-state index contributed by atoms with van der Waals surface area (Å²) in [6.45, 7) is 4.10. The summed E-state index contributed by atoms with van der Waals surface area (Å²) >= 11 is 0. The van der Waals surface area contributed by atoms with Gasteiger partial charge in [-0.25, -0.2) is 0 Å². The third kappa shape index (κ3) is 4.47. The van der Waals surface area contributed by atoms with Gasteiger partial charge in [-0.1, -0.05) is 0 Å². The molecule has 1 N–H and O–H groups in total.